The molecule has 3 rings (SSSR count). The van der Waals surface area contributed by atoms with Gasteiger partial charge in [0.05, 0.1) is 6.20 Å². The first-order chi connectivity index (χ1) is 12.5. The standard InChI is InChI=1S/C18H30N4O3S/c1-2-9-21-15-17(13-19-21)26(24,25)22-12-5-6-16(14-22)7-8-18(23)20-10-3-4-11-20/h13,15-16H,2-12,14H2,1H3. The number of sulfonamides is 1. The second kappa shape index (κ2) is 8.52. The topological polar surface area (TPSA) is 75.5 Å². The Kier molecular flexibility index (Phi) is 6.34. The maximum absolute atomic E-state index is 12.9. The molecule has 1 unspecified atom stereocenters. The molecule has 0 radical (unpaired) electrons. The first-order valence-corrected chi connectivity index (χ1v) is 11.2. The Bertz CT molecular complexity index is 710. The minimum Gasteiger partial charge on any atom is -0.343 e. The van der Waals surface area contributed by atoms with Gasteiger partial charge in [-0.2, -0.15) is 9.40 Å². The zero-order chi connectivity index (χ0) is 18.6. The van der Waals surface area contributed by atoms with Crippen LogP contribution in [0.4, 0.5) is 0 Å². The zero-order valence-electron chi connectivity index (χ0n) is 15.6. The van der Waals surface area contributed by atoms with E-state index < -0.39 is 10.0 Å². The minimum absolute atomic E-state index is 0.225. The first kappa shape index (κ1) is 19.4. The van der Waals surface area contributed by atoms with Crippen molar-refractivity contribution in [2.24, 2.45) is 5.92 Å². The molecule has 0 bridgehead atoms. The number of hydrogen-bond acceptors (Lipinski definition) is 4. The number of carbonyl (C=O) groups is 1. The molecule has 1 atom stereocenters. The summed E-state index contributed by atoms with van der Waals surface area (Å²) >= 11 is 0. The van der Waals surface area contributed by atoms with Gasteiger partial charge in [0.25, 0.3) is 0 Å². The summed E-state index contributed by atoms with van der Waals surface area (Å²) < 4.78 is 29.1. The number of rotatable bonds is 7. The van der Waals surface area contributed by atoms with Crippen molar-refractivity contribution < 1.29 is 13.2 Å². The number of piperidine rings is 1. The fraction of sp³-hybridized carbons (Fsp3) is 0.778. The fourth-order valence-electron chi connectivity index (χ4n) is 3.91. The van der Waals surface area contributed by atoms with Crippen molar-refractivity contribution >= 4 is 15.9 Å². The van der Waals surface area contributed by atoms with Crippen LogP contribution in [0.25, 0.3) is 0 Å². The third kappa shape index (κ3) is 4.46. The third-order valence-corrected chi connectivity index (χ3v) is 7.22. The summed E-state index contributed by atoms with van der Waals surface area (Å²) in [4.78, 5) is 14.5. The largest absolute Gasteiger partial charge is 0.343 e. The van der Waals surface area contributed by atoms with Crippen LogP contribution in [0.2, 0.25) is 0 Å². The highest BCUT2D eigenvalue weighted by molar-refractivity contribution is 7.89. The predicted octanol–water partition coefficient (Wildman–Crippen LogP) is 2.10. The number of likely N-dealkylation sites (tertiary alicyclic amines) is 1. The van der Waals surface area contributed by atoms with Crippen molar-refractivity contribution in [1.29, 1.82) is 0 Å². The smallest absolute Gasteiger partial charge is 0.246 e. The number of nitrogens with zero attached hydrogens (tertiary/aromatic N) is 4. The van der Waals surface area contributed by atoms with Gasteiger partial charge in [0, 0.05) is 45.3 Å². The molecule has 1 aromatic heterocycles. The average molecular weight is 383 g/mol. The Morgan fingerprint density at radius 1 is 1.23 bits per heavy atom. The van der Waals surface area contributed by atoms with Gasteiger partial charge in [-0.25, -0.2) is 8.42 Å². The molecule has 2 fully saturated rings. The summed E-state index contributed by atoms with van der Waals surface area (Å²) in [6.07, 6.45) is 9.35. The van der Waals surface area contributed by atoms with Crippen LogP contribution in [0.15, 0.2) is 17.3 Å². The molecule has 1 aromatic rings. The van der Waals surface area contributed by atoms with Crippen molar-refractivity contribution in [3.05, 3.63) is 12.4 Å². The van der Waals surface area contributed by atoms with Gasteiger partial charge in [0.15, 0.2) is 0 Å². The van der Waals surface area contributed by atoms with Crippen LogP contribution in [0.1, 0.15) is 51.9 Å². The van der Waals surface area contributed by atoms with E-state index in [2.05, 4.69) is 5.10 Å². The molecule has 2 aliphatic rings. The Morgan fingerprint density at radius 2 is 2.00 bits per heavy atom. The maximum atomic E-state index is 12.9. The Hall–Kier alpha value is -1.41. The molecule has 8 heteroatoms. The summed E-state index contributed by atoms with van der Waals surface area (Å²) in [5.41, 5.74) is 0. The monoisotopic (exact) mass is 382 g/mol. The quantitative estimate of drug-likeness (QED) is 0.724. The number of amides is 1. The van der Waals surface area contributed by atoms with Gasteiger partial charge in [-0.1, -0.05) is 6.92 Å². The number of hydrogen-bond donors (Lipinski definition) is 0. The Balaban J connectivity index is 1.57. The van der Waals surface area contributed by atoms with Crippen LogP contribution in [-0.2, 0) is 21.4 Å². The lowest BCUT2D eigenvalue weighted by Gasteiger charge is -2.31. The van der Waals surface area contributed by atoms with E-state index in [0.29, 0.717) is 19.5 Å². The molecule has 146 valence electrons. The molecule has 26 heavy (non-hydrogen) atoms. The predicted molar refractivity (Wildman–Crippen MR) is 99.0 cm³/mol. The van der Waals surface area contributed by atoms with Gasteiger partial charge in [-0.05, 0) is 44.4 Å². The van der Waals surface area contributed by atoms with Crippen LogP contribution < -0.4 is 0 Å². The molecule has 1 amide bonds. The SMILES string of the molecule is CCCn1cc(S(=O)(=O)N2CCCC(CCC(=O)N3CCCC3)C2)cn1. The summed E-state index contributed by atoms with van der Waals surface area (Å²) in [7, 11) is -3.49. The normalized spacial score (nSPS) is 22.0. The van der Waals surface area contributed by atoms with Gasteiger partial charge in [0.2, 0.25) is 15.9 Å². The van der Waals surface area contributed by atoms with Gasteiger partial charge >= 0.3 is 0 Å². The molecule has 0 spiro atoms. The van der Waals surface area contributed by atoms with Crippen molar-refractivity contribution in [3.8, 4) is 0 Å². The van der Waals surface area contributed by atoms with Gasteiger partial charge in [-0.3, -0.25) is 9.48 Å². The number of aryl methyl sites for hydroxylation is 1. The maximum Gasteiger partial charge on any atom is 0.246 e. The highest BCUT2D eigenvalue weighted by Gasteiger charge is 2.31. The molecule has 2 aliphatic heterocycles. The summed E-state index contributed by atoms with van der Waals surface area (Å²) in [6.45, 7) is 5.58. The van der Waals surface area contributed by atoms with Crippen LogP contribution in [0.3, 0.4) is 0 Å². The fourth-order valence-corrected chi connectivity index (χ4v) is 5.42. The van der Waals surface area contributed by atoms with Gasteiger partial charge < -0.3 is 4.90 Å². The van der Waals surface area contributed by atoms with E-state index in [1.807, 2.05) is 11.8 Å². The molecule has 0 aromatic carbocycles. The van der Waals surface area contributed by atoms with E-state index in [1.54, 1.807) is 15.2 Å². The van der Waals surface area contributed by atoms with E-state index in [1.165, 1.54) is 6.20 Å². The van der Waals surface area contributed by atoms with E-state index in [9.17, 15) is 13.2 Å². The molecule has 2 saturated heterocycles. The van der Waals surface area contributed by atoms with E-state index in [-0.39, 0.29) is 16.7 Å². The van der Waals surface area contributed by atoms with Crippen LogP contribution >= 0.6 is 0 Å². The van der Waals surface area contributed by atoms with Crippen LogP contribution in [0, 0.1) is 5.92 Å². The highest BCUT2D eigenvalue weighted by atomic mass is 32.2. The lowest BCUT2D eigenvalue weighted by atomic mass is 9.94. The summed E-state index contributed by atoms with van der Waals surface area (Å²) in [5.74, 6) is 0.485. The van der Waals surface area contributed by atoms with Crippen LogP contribution in [0.5, 0.6) is 0 Å². The van der Waals surface area contributed by atoms with E-state index >= 15 is 0 Å². The second-order valence-electron chi connectivity index (χ2n) is 7.44. The summed E-state index contributed by atoms with van der Waals surface area (Å²) in [6, 6.07) is 0. The molecular formula is C18H30N4O3S. The molecule has 0 N–H and O–H groups in total. The van der Waals surface area contributed by atoms with Crippen molar-refractivity contribution in [3.63, 3.8) is 0 Å². The zero-order valence-corrected chi connectivity index (χ0v) is 16.5. The number of aromatic nitrogens is 2. The van der Waals surface area contributed by atoms with Gasteiger partial charge in [-0.15, -0.1) is 0 Å². The van der Waals surface area contributed by atoms with E-state index in [0.717, 1.165) is 58.2 Å². The molecule has 3 heterocycles. The second-order valence-corrected chi connectivity index (χ2v) is 9.37. The number of carbonyl (C=O) groups excluding carboxylic acids is 1. The van der Waals surface area contributed by atoms with Crippen molar-refractivity contribution in [2.75, 3.05) is 26.2 Å². The third-order valence-electron chi connectivity index (χ3n) is 5.41. The lowest BCUT2D eigenvalue weighted by molar-refractivity contribution is -0.130. The van der Waals surface area contributed by atoms with Crippen molar-refractivity contribution in [2.45, 2.75) is 63.3 Å². The molecule has 0 aliphatic carbocycles. The Labute approximate surface area is 156 Å². The highest BCUT2D eigenvalue weighted by Crippen LogP contribution is 2.26. The first-order valence-electron chi connectivity index (χ1n) is 9.81. The Morgan fingerprint density at radius 3 is 2.73 bits per heavy atom. The van der Waals surface area contributed by atoms with Crippen molar-refractivity contribution in [1.82, 2.24) is 19.0 Å². The minimum atomic E-state index is -3.49. The van der Waals surface area contributed by atoms with E-state index in [4.69, 9.17) is 0 Å². The van der Waals surface area contributed by atoms with Gasteiger partial charge in [0.1, 0.15) is 4.90 Å². The van der Waals surface area contributed by atoms with Crippen LogP contribution in [-0.4, -0.2) is 59.5 Å². The average Bonchev–Trinajstić information content (AvgIpc) is 3.32. The summed E-state index contributed by atoms with van der Waals surface area (Å²) in [5, 5.41) is 4.15. The lowest BCUT2D eigenvalue weighted by Crippen LogP contribution is -2.40. The molecular weight excluding hydrogens is 352 g/mol. The molecule has 7 nitrogen and oxygen atoms in total. The molecule has 0 saturated carbocycles.